The van der Waals surface area contributed by atoms with Crippen LogP contribution >= 0.6 is 0 Å². The first-order valence-electron chi connectivity index (χ1n) is 20.7. The van der Waals surface area contributed by atoms with Crippen LogP contribution in [0.2, 0.25) is 0 Å². The van der Waals surface area contributed by atoms with Gasteiger partial charge in [0, 0.05) is 22.1 Å². The maximum atomic E-state index is 9.34. The summed E-state index contributed by atoms with van der Waals surface area (Å²) in [7, 11) is 0. The van der Waals surface area contributed by atoms with Gasteiger partial charge in [-0.1, -0.05) is 158 Å². The fourth-order valence-corrected chi connectivity index (χ4v) is 11.3. The molecule has 8 aromatic rings. The van der Waals surface area contributed by atoms with Crippen LogP contribution in [0.1, 0.15) is 54.7 Å². The van der Waals surface area contributed by atoms with E-state index in [0.717, 1.165) is 34.1 Å². The van der Waals surface area contributed by atoms with Crippen molar-refractivity contribution in [2.45, 2.75) is 43.4 Å². The number of hydrogen-bond acceptors (Lipinski definition) is 4. The van der Waals surface area contributed by atoms with Gasteiger partial charge < -0.3 is 0 Å². The summed E-state index contributed by atoms with van der Waals surface area (Å²) in [5.74, 6) is 4.87. The topological polar surface area (TPSA) is 62.5 Å². The van der Waals surface area contributed by atoms with E-state index in [1.54, 1.807) is 0 Å². The Hall–Kier alpha value is -6.70. The molecular formula is C54H42N4. The lowest BCUT2D eigenvalue weighted by Crippen LogP contribution is -2.53. The molecular weight excluding hydrogens is 705 g/mol. The standard InChI is InChI=1S/C54H42N4/c55-34-35-15-17-38(18-16-35)46-27-28-47(49-14-8-7-13-48(46)49)39-23-25-45(26-24-39)54-32-36-29-37(33-54)31-44(30-36)50(54)40-19-21-43(22-20-40)53-57-51(41-9-3-1-4-10-41)56-52(58-53)42-11-5-2-6-12-42/h1-28,36-37,44,50H,29-33H2. The molecule has 4 fully saturated rings. The lowest BCUT2D eigenvalue weighted by Gasteiger charge is -2.62. The van der Waals surface area contributed by atoms with Crippen LogP contribution in [0.4, 0.5) is 0 Å². The van der Waals surface area contributed by atoms with Gasteiger partial charge in [-0.15, -0.1) is 0 Å². The molecule has 1 aromatic heterocycles. The summed E-state index contributed by atoms with van der Waals surface area (Å²) in [6.45, 7) is 0. The van der Waals surface area contributed by atoms with Crippen molar-refractivity contribution in [1.82, 2.24) is 15.0 Å². The van der Waals surface area contributed by atoms with Crippen molar-refractivity contribution < 1.29 is 0 Å². The second-order valence-corrected chi connectivity index (χ2v) is 16.9. The lowest BCUT2D eigenvalue weighted by molar-refractivity contribution is -0.0280. The number of benzene rings is 7. The van der Waals surface area contributed by atoms with Gasteiger partial charge in [-0.2, -0.15) is 5.26 Å². The van der Waals surface area contributed by atoms with Crippen molar-refractivity contribution in [3.63, 3.8) is 0 Å². The van der Waals surface area contributed by atoms with Crippen LogP contribution in [-0.4, -0.2) is 15.0 Å². The molecule has 4 aliphatic rings. The molecule has 4 nitrogen and oxygen atoms in total. The number of nitriles is 1. The normalized spacial score (nSPS) is 21.8. The van der Waals surface area contributed by atoms with E-state index in [2.05, 4.69) is 127 Å². The van der Waals surface area contributed by atoms with Crippen molar-refractivity contribution in [1.29, 1.82) is 5.26 Å². The van der Waals surface area contributed by atoms with Gasteiger partial charge >= 0.3 is 0 Å². The second kappa shape index (κ2) is 14.0. The molecule has 0 saturated heterocycles. The first kappa shape index (κ1) is 34.5. The largest absolute Gasteiger partial charge is 0.208 e. The molecule has 0 spiro atoms. The molecule has 1 heterocycles. The number of fused-ring (bicyclic) bond motifs is 1. The Balaban J connectivity index is 0.943. The van der Waals surface area contributed by atoms with E-state index >= 15 is 0 Å². The quantitative estimate of drug-likeness (QED) is 0.163. The van der Waals surface area contributed by atoms with Crippen molar-refractivity contribution in [2.24, 2.45) is 17.8 Å². The molecule has 4 saturated carbocycles. The van der Waals surface area contributed by atoms with E-state index < -0.39 is 0 Å². The molecule has 4 bridgehead atoms. The average molecular weight is 747 g/mol. The second-order valence-electron chi connectivity index (χ2n) is 16.9. The maximum Gasteiger partial charge on any atom is 0.164 e. The minimum atomic E-state index is 0.129. The van der Waals surface area contributed by atoms with E-state index in [1.807, 2.05) is 48.5 Å². The summed E-state index contributed by atoms with van der Waals surface area (Å²) in [4.78, 5) is 15.0. The Morgan fingerprint density at radius 2 is 0.897 bits per heavy atom. The van der Waals surface area contributed by atoms with Crippen LogP contribution in [0.15, 0.2) is 170 Å². The smallest absolute Gasteiger partial charge is 0.164 e. The number of hydrogen-bond donors (Lipinski definition) is 0. The summed E-state index contributed by atoms with van der Waals surface area (Å²) < 4.78 is 0. The van der Waals surface area contributed by atoms with Crippen LogP contribution in [0.3, 0.4) is 0 Å². The van der Waals surface area contributed by atoms with Crippen molar-refractivity contribution in [3.05, 3.63) is 187 Å². The molecule has 12 rings (SSSR count). The molecule has 7 aromatic carbocycles. The molecule has 278 valence electrons. The highest BCUT2D eigenvalue weighted by atomic mass is 15.0. The van der Waals surface area contributed by atoms with Crippen LogP contribution < -0.4 is 0 Å². The molecule has 58 heavy (non-hydrogen) atoms. The van der Waals surface area contributed by atoms with Gasteiger partial charge in [-0.05, 0) is 112 Å². The molecule has 0 aliphatic heterocycles. The third-order valence-electron chi connectivity index (χ3n) is 13.6. The third-order valence-corrected chi connectivity index (χ3v) is 13.6. The molecule has 0 amide bonds. The molecule has 4 heteroatoms. The Bertz CT molecular complexity index is 2750. The Morgan fingerprint density at radius 1 is 0.448 bits per heavy atom. The highest BCUT2D eigenvalue weighted by molar-refractivity contribution is 6.05. The SMILES string of the molecule is N#Cc1ccc(-c2ccc(-c3ccc(C45CC6CC(CC(C6)C4c4ccc(-c6nc(-c7ccccc7)nc(-c7ccccc7)n6)cc4)C5)cc3)c3ccccc23)cc1. The fraction of sp³-hybridized carbons (Fsp3) is 0.185. The summed E-state index contributed by atoms with van der Waals surface area (Å²) in [6, 6.07) is 62.8. The highest BCUT2D eigenvalue weighted by Crippen LogP contribution is 2.66. The van der Waals surface area contributed by atoms with E-state index in [9.17, 15) is 5.26 Å². The Morgan fingerprint density at radius 3 is 1.40 bits per heavy atom. The molecule has 3 unspecified atom stereocenters. The van der Waals surface area contributed by atoms with Gasteiger partial charge in [-0.25, -0.2) is 15.0 Å². The summed E-state index contributed by atoms with van der Waals surface area (Å²) >= 11 is 0. The van der Waals surface area contributed by atoms with E-state index in [-0.39, 0.29) is 5.41 Å². The van der Waals surface area contributed by atoms with E-state index in [0.29, 0.717) is 34.9 Å². The summed E-state index contributed by atoms with van der Waals surface area (Å²) in [5, 5.41) is 11.8. The fourth-order valence-electron chi connectivity index (χ4n) is 11.3. The van der Waals surface area contributed by atoms with Crippen molar-refractivity contribution in [2.75, 3.05) is 0 Å². The monoisotopic (exact) mass is 746 g/mol. The Labute approximate surface area is 340 Å². The van der Waals surface area contributed by atoms with Crippen LogP contribution in [0, 0.1) is 29.1 Å². The number of aromatic nitrogens is 3. The van der Waals surface area contributed by atoms with E-state index in [4.69, 9.17) is 15.0 Å². The summed E-state index contributed by atoms with van der Waals surface area (Å²) in [5.41, 5.74) is 11.5. The van der Waals surface area contributed by atoms with Crippen LogP contribution in [0.5, 0.6) is 0 Å². The van der Waals surface area contributed by atoms with Crippen LogP contribution in [-0.2, 0) is 5.41 Å². The predicted molar refractivity (Wildman–Crippen MR) is 234 cm³/mol. The predicted octanol–water partition coefficient (Wildman–Crippen LogP) is 13.1. The van der Waals surface area contributed by atoms with Crippen molar-refractivity contribution in [3.8, 4) is 62.5 Å². The Kier molecular flexibility index (Phi) is 8.36. The first-order valence-corrected chi connectivity index (χ1v) is 20.7. The number of nitrogens with zero attached hydrogens (tertiary/aromatic N) is 4. The zero-order valence-corrected chi connectivity index (χ0v) is 32.3. The lowest BCUT2D eigenvalue weighted by atomic mass is 9.42. The first-order chi connectivity index (χ1) is 28.6. The highest BCUT2D eigenvalue weighted by Gasteiger charge is 2.57. The minimum Gasteiger partial charge on any atom is -0.208 e. The van der Waals surface area contributed by atoms with Gasteiger partial charge in [0.15, 0.2) is 17.5 Å². The molecule has 4 aliphatic carbocycles. The van der Waals surface area contributed by atoms with Crippen molar-refractivity contribution >= 4 is 10.8 Å². The minimum absolute atomic E-state index is 0.129. The van der Waals surface area contributed by atoms with E-state index in [1.165, 1.54) is 70.7 Å². The van der Waals surface area contributed by atoms with Crippen LogP contribution in [0.25, 0.3) is 67.2 Å². The maximum absolute atomic E-state index is 9.34. The molecule has 0 radical (unpaired) electrons. The van der Waals surface area contributed by atoms with Gasteiger partial charge in [0.1, 0.15) is 0 Å². The number of rotatable bonds is 7. The third kappa shape index (κ3) is 5.93. The average Bonchev–Trinajstić information content (AvgIpc) is 3.29. The molecule has 0 N–H and O–H groups in total. The zero-order valence-electron chi connectivity index (χ0n) is 32.3. The summed E-state index contributed by atoms with van der Waals surface area (Å²) in [6.07, 6.45) is 6.61. The zero-order chi connectivity index (χ0) is 38.6. The van der Waals surface area contributed by atoms with Gasteiger partial charge in [0.05, 0.1) is 11.6 Å². The molecule has 3 atom stereocenters. The van der Waals surface area contributed by atoms with Gasteiger partial charge in [-0.3, -0.25) is 0 Å². The van der Waals surface area contributed by atoms with Gasteiger partial charge in [0.25, 0.3) is 0 Å². The van der Waals surface area contributed by atoms with Gasteiger partial charge in [0.2, 0.25) is 0 Å².